The smallest absolute Gasteiger partial charge is 0.161 e. The molecule has 2 aromatic carbocycles. The summed E-state index contributed by atoms with van der Waals surface area (Å²) in [5, 5.41) is 0. The molecule has 0 spiro atoms. The number of hydrogen-bond acceptors (Lipinski definition) is 4. The van der Waals surface area contributed by atoms with Gasteiger partial charge >= 0.3 is 0 Å². The second-order valence-corrected chi connectivity index (χ2v) is 4.64. The van der Waals surface area contributed by atoms with Crippen molar-refractivity contribution in [2.45, 2.75) is 6.54 Å². The van der Waals surface area contributed by atoms with Crippen LogP contribution in [-0.4, -0.2) is 21.3 Å². The maximum absolute atomic E-state index is 5.70. The van der Waals surface area contributed by atoms with Crippen molar-refractivity contribution < 1.29 is 9.47 Å². The van der Waals surface area contributed by atoms with Gasteiger partial charge in [0, 0.05) is 25.0 Å². The second-order valence-electron chi connectivity index (χ2n) is 4.64. The number of nitrogens with two attached hydrogens (primary N) is 1. The molecule has 20 heavy (non-hydrogen) atoms. The first-order chi connectivity index (χ1) is 9.63. The largest absolute Gasteiger partial charge is 0.493 e. The van der Waals surface area contributed by atoms with Crippen LogP contribution in [0.15, 0.2) is 42.5 Å². The van der Waals surface area contributed by atoms with E-state index in [0.29, 0.717) is 0 Å². The van der Waals surface area contributed by atoms with Crippen molar-refractivity contribution in [2.75, 3.05) is 31.9 Å². The highest BCUT2D eigenvalue weighted by molar-refractivity contribution is 5.53. The highest BCUT2D eigenvalue weighted by Gasteiger charge is 2.07. The molecule has 106 valence electrons. The van der Waals surface area contributed by atoms with E-state index in [1.54, 1.807) is 14.2 Å². The lowest BCUT2D eigenvalue weighted by Gasteiger charge is -2.20. The number of hydrogen-bond donors (Lipinski definition) is 1. The Morgan fingerprint density at radius 1 is 0.950 bits per heavy atom. The Bertz CT molecular complexity index is 567. The van der Waals surface area contributed by atoms with E-state index >= 15 is 0 Å². The van der Waals surface area contributed by atoms with Crippen LogP contribution in [0.1, 0.15) is 5.56 Å². The van der Waals surface area contributed by atoms with Crippen molar-refractivity contribution in [1.82, 2.24) is 0 Å². The SMILES string of the molecule is COc1ccc(CN(C)c2ccc(N)cc2)cc1OC. The summed E-state index contributed by atoms with van der Waals surface area (Å²) in [7, 11) is 5.32. The molecule has 0 radical (unpaired) electrons. The maximum Gasteiger partial charge on any atom is 0.161 e. The van der Waals surface area contributed by atoms with E-state index in [-0.39, 0.29) is 0 Å². The third-order valence-corrected chi connectivity index (χ3v) is 3.20. The average molecular weight is 272 g/mol. The van der Waals surface area contributed by atoms with Gasteiger partial charge in [0.2, 0.25) is 0 Å². The van der Waals surface area contributed by atoms with Gasteiger partial charge in [0.1, 0.15) is 0 Å². The summed E-state index contributed by atoms with van der Waals surface area (Å²) in [6, 6.07) is 13.8. The molecule has 4 nitrogen and oxygen atoms in total. The zero-order valence-corrected chi connectivity index (χ0v) is 12.1. The summed E-state index contributed by atoms with van der Waals surface area (Å²) in [5.74, 6) is 1.49. The van der Waals surface area contributed by atoms with Crippen LogP contribution in [0.4, 0.5) is 11.4 Å². The van der Waals surface area contributed by atoms with Crippen LogP contribution in [-0.2, 0) is 6.54 Å². The molecule has 2 rings (SSSR count). The molecule has 0 atom stereocenters. The lowest BCUT2D eigenvalue weighted by Crippen LogP contribution is -2.16. The number of benzene rings is 2. The third kappa shape index (κ3) is 3.15. The minimum absolute atomic E-state index is 0.742. The lowest BCUT2D eigenvalue weighted by atomic mass is 10.1. The topological polar surface area (TPSA) is 47.7 Å². The van der Waals surface area contributed by atoms with Gasteiger partial charge in [-0.05, 0) is 42.0 Å². The number of ether oxygens (including phenoxy) is 2. The summed E-state index contributed by atoms with van der Waals surface area (Å²) in [5.41, 5.74) is 8.75. The first-order valence-electron chi connectivity index (χ1n) is 6.41. The molecule has 0 unspecified atom stereocenters. The summed E-state index contributed by atoms with van der Waals surface area (Å²) < 4.78 is 10.6. The molecule has 4 heteroatoms. The lowest BCUT2D eigenvalue weighted by molar-refractivity contribution is 0.354. The summed E-state index contributed by atoms with van der Waals surface area (Å²) in [6.45, 7) is 0.782. The quantitative estimate of drug-likeness (QED) is 0.850. The Hall–Kier alpha value is -2.36. The molecule has 0 aliphatic heterocycles. The second kappa shape index (κ2) is 6.19. The van der Waals surface area contributed by atoms with Gasteiger partial charge in [-0.25, -0.2) is 0 Å². The van der Waals surface area contributed by atoms with Crippen LogP contribution in [0.25, 0.3) is 0 Å². The number of anilines is 2. The van der Waals surface area contributed by atoms with Crippen molar-refractivity contribution in [3.05, 3.63) is 48.0 Å². The molecule has 0 heterocycles. The van der Waals surface area contributed by atoms with E-state index in [0.717, 1.165) is 35.0 Å². The van der Waals surface area contributed by atoms with E-state index in [1.165, 1.54) is 0 Å². The van der Waals surface area contributed by atoms with Crippen molar-refractivity contribution in [1.29, 1.82) is 0 Å². The van der Waals surface area contributed by atoms with Gasteiger partial charge in [0.25, 0.3) is 0 Å². The third-order valence-electron chi connectivity index (χ3n) is 3.20. The van der Waals surface area contributed by atoms with E-state index in [4.69, 9.17) is 15.2 Å². The highest BCUT2D eigenvalue weighted by atomic mass is 16.5. The molecule has 0 aliphatic carbocycles. The Balaban J connectivity index is 2.15. The van der Waals surface area contributed by atoms with E-state index < -0.39 is 0 Å². The number of nitrogens with zero attached hydrogens (tertiary/aromatic N) is 1. The molecule has 0 saturated carbocycles. The molecular formula is C16H20N2O2. The fourth-order valence-corrected chi connectivity index (χ4v) is 2.07. The van der Waals surface area contributed by atoms with Crippen molar-refractivity contribution in [3.63, 3.8) is 0 Å². The highest BCUT2D eigenvalue weighted by Crippen LogP contribution is 2.28. The maximum atomic E-state index is 5.70. The molecule has 2 N–H and O–H groups in total. The van der Waals surface area contributed by atoms with Gasteiger partial charge in [-0.15, -0.1) is 0 Å². The summed E-state index contributed by atoms with van der Waals surface area (Å²) in [6.07, 6.45) is 0. The summed E-state index contributed by atoms with van der Waals surface area (Å²) in [4.78, 5) is 2.15. The molecule has 0 aromatic heterocycles. The fraction of sp³-hybridized carbons (Fsp3) is 0.250. The van der Waals surface area contributed by atoms with E-state index in [1.807, 2.05) is 49.5 Å². The Morgan fingerprint density at radius 3 is 2.20 bits per heavy atom. The van der Waals surface area contributed by atoms with Gasteiger partial charge in [-0.3, -0.25) is 0 Å². The van der Waals surface area contributed by atoms with Crippen LogP contribution < -0.4 is 20.1 Å². The zero-order chi connectivity index (χ0) is 14.5. The predicted molar refractivity (Wildman–Crippen MR) is 82.5 cm³/mol. The fourth-order valence-electron chi connectivity index (χ4n) is 2.07. The molecule has 2 aromatic rings. The Labute approximate surface area is 119 Å². The average Bonchev–Trinajstić information content (AvgIpc) is 2.47. The van der Waals surface area contributed by atoms with Crippen LogP contribution in [0.5, 0.6) is 11.5 Å². The standard InChI is InChI=1S/C16H20N2O2/c1-18(14-7-5-13(17)6-8-14)11-12-4-9-15(19-2)16(10-12)20-3/h4-10H,11,17H2,1-3H3. The van der Waals surface area contributed by atoms with Gasteiger partial charge in [0.05, 0.1) is 14.2 Å². The number of nitrogen functional groups attached to an aromatic ring is 1. The molecule has 0 aliphatic rings. The van der Waals surface area contributed by atoms with Gasteiger partial charge in [-0.2, -0.15) is 0 Å². The van der Waals surface area contributed by atoms with Gasteiger partial charge in [0.15, 0.2) is 11.5 Å². The Kier molecular flexibility index (Phi) is 4.35. The first kappa shape index (κ1) is 14.1. The van der Waals surface area contributed by atoms with E-state index in [2.05, 4.69) is 4.90 Å². The normalized spacial score (nSPS) is 10.2. The van der Waals surface area contributed by atoms with Crippen molar-refractivity contribution in [2.24, 2.45) is 0 Å². The van der Waals surface area contributed by atoms with Crippen LogP contribution in [0, 0.1) is 0 Å². The summed E-state index contributed by atoms with van der Waals surface area (Å²) >= 11 is 0. The van der Waals surface area contributed by atoms with Crippen LogP contribution >= 0.6 is 0 Å². The van der Waals surface area contributed by atoms with Gasteiger partial charge in [-0.1, -0.05) is 6.07 Å². The van der Waals surface area contributed by atoms with Crippen LogP contribution in [0.2, 0.25) is 0 Å². The van der Waals surface area contributed by atoms with Crippen LogP contribution in [0.3, 0.4) is 0 Å². The van der Waals surface area contributed by atoms with Crippen molar-refractivity contribution >= 4 is 11.4 Å². The first-order valence-corrected chi connectivity index (χ1v) is 6.41. The molecule has 0 fully saturated rings. The van der Waals surface area contributed by atoms with Gasteiger partial charge < -0.3 is 20.1 Å². The molecule has 0 amide bonds. The van der Waals surface area contributed by atoms with Crippen molar-refractivity contribution in [3.8, 4) is 11.5 Å². The number of methoxy groups -OCH3 is 2. The molecule has 0 bridgehead atoms. The molecule has 0 saturated heterocycles. The number of rotatable bonds is 5. The van der Waals surface area contributed by atoms with E-state index in [9.17, 15) is 0 Å². The predicted octanol–water partition coefficient (Wildman–Crippen LogP) is 2.92. The monoisotopic (exact) mass is 272 g/mol. The zero-order valence-electron chi connectivity index (χ0n) is 12.1. The Morgan fingerprint density at radius 2 is 1.60 bits per heavy atom. The minimum Gasteiger partial charge on any atom is -0.493 e. The molecular weight excluding hydrogens is 252 g/mol. The minimum atomic E-state index is 0.742.